The first-order valence-electron chi connectivity index (χ1n) is 4.86. The average molecular weight is 242 g/mol. The largest absolute Gasteiger partial charge is 0.497 e. The van der Waals surface area contributed by atoms with Crippen LogP contribution in [0.15, 0.2) is 18.2 Å². The number of ether oxygens (including phenoxy) is 1. The van der Waals surface area contributed by atoms with Crippen LogP contribution in [0.25, 0.3) is 0 Å². The molecular weight excluding hydrogens is 230 g/mol. The SMILES string of the molecule is COc1ccc(C#N)c(NCC(O)C(F)F)c1. The molecule has 6 heteroatoms. The zero-order valence-electron chi connectivity index (χ0n) is 9.15. The van der Waals surface area contributed by atoms with Crippen LogP contribution in [0.1, 0.15) is 5.56 Å². The van der Waals surface area contributed by atoms with E-state index >= 15 is 0 Å². The number of aliphatic hydroxyl groups is 1. The summed E-state index contributed by atoms with van der Waals surface area (Å²) in [5, 5.41) is 20.4. The lowest BCUT2D eigenvalue weighted by atomic mass is 10.2. The third kappa shape index (κ3) is 3.57. The van der Waals surface area contributed by atoms with Crippen molar-refractivity contribution in [3.63, 3.8) is 0 Å². The Morgan fingerprint density at radius 3 is 2.76 bits per heavy atom. The van der Waals surface area contributed by atoms with Crippen molar-refractivity contribution >= 4 is 5.69 Å². The van der Waals surface area contributed by atoms with Crippen LogP contribution < -0.4 is 10.1 Å². The number of halogens is 2. The van der Waals surface area contributed by atoms with Gasteiger partial charge in [-0.05, 0) is 12.1 Å². The lowest BCUT2D eigenvalue weighted by Crippen LogP contribution is -2.27. The topological polar surface area (TPSA) is 65.3 Å². The molecule has 2 N–H and O–H groups in total. The maximum absolute atomic E-state index is 12.1. The van der Waals surface area contributed by atoms with E-state index in [9.17, 15) is 8.78 Å². The summed E-state index contributed by atoms with van der Waals surface area (Å²) in [6, 6.07) is 6.52. The Balaban J connectivity index is 2.78. The summed E-state index contributed by atoms with van der Waals surface area (Å²) in [5.41, 5.74) is 0.652. The number of methoxy groups -OCH3 is 1. The van der Waals surface area contributed by atoms with Crippen LogP contribution in [-0.2, 0) is 0 Å². The van der Waals surface area contributed by atoms with E-state index in [4.69, 9.17) is 15.1 Å². The Kier molecular flexibility index (Phi) is 4.67. The Morgan fingerprint density at radius 2 is 2.24 bits per heavy atom. The fraction of sp³-hybridized carbons (Fsp3) is 0.364. The molecule has 0 radical (unpaired) electrons. The van der Waals surface area contributed by atoms with Gasteiger partial charge in [-0.15, -0.1) is 0 Å². The third-order valence-corrected chi connectivity index (χ3v) is 2.14. The molecule has 17 heavy (non-hydrogen) atoms. The first-order chi connectivity index (χ1) is 8.08. The number of nitriles is 1. The fourth-order valence-corrected chi connectivity index (χ4v) is 1.20. The molecule has 0 amide bonds. The Bertz CT molecular complexity index is 418. The maximum atomic E-state index is 12.1. The summed E-state index contributed by atoms with van der Waals surface area (Å²) < 4.78 is 29.1. The molecule has 0 fully saturated rings. The number of anilines is 1. The summed E-state index contributed by atoms with van der Waals surface area (Å²) in [6.07, 6.45) is -4.59. The summed E-state index contributed by atoms with van der Waals surface area (Å²) in [4.78, 5) is 0. The Hall–Kier alpha value is -1.87. The quantitative estimate of drug-likeness (QED) is 0.823. The minimum absolute atomic E-state index is 0.298. The maximum Gasteiger partial charge on any atom is 0.265 e. The van der Waals surface area contributed by atoms with Crippen LogP contribution in [0.3, 0.4) is 0 Å². The zero-order chi connectivity index (χ0) is 12.8. The molecule has 0 aromatic heterocycles. The summed E-state index contributed by atoms with van der Waals surface area (Å²) in [6.45, 7) is -0.334. The molecule has 0 aliphatic rings. The van der Waals surface area contributed by atoms with Gasteiger partial charge < -0.3 is 15.2 Å². The zero-order valence-corrected chi connectivity index (χ0v) is 9.15. The Morgan fingerprint density at radius 1 is 1.53 bits per heavy atom. The summed E-state index contributed by atoms with van der Waals surface area (Å²) >= 11 is 0. The van der Waals surface area contributed by atoms with E-state index in [0.29, 0.717) is 17.0 Å². The number of rotatable bonds is 5. The van der Waals surface area contributed by atoms with Gasteiger partial charge in [0.25, 0.3) is 6.43 Å². The van der Waals surface area contributed by atoms with E-state index in [2.05, 4.69) is 5.32 Å². The molecule has 0 saturated carbocycles. The van der Waals surface area contributed by atoms with Crippen LogP contribution in [0.4, 0.5) is 14.5 Å². The van der Waals surface area contributed by atoms with Crippen LogP contribution in [0.2, 0.25) is 0 Å². The lowest BCUT2D eigenvalue weighted by molar-refractivity contribution is 0.00384. The van der Waals surface area contributed by atoms with Crippen molar-refractivity contribution in [3.8, 4) is 11.8 Å². The van der Waals surface area contributed by atoms with Crippen molar-refractivity contribution in [2.45, 2.75) is 12.5 Å². The number of nitrogens with zero attached hydrogens (tertiary/aromatic N) is 1. The molecule has 0 saturated heterocycles. The summed E-state index contributed by atoms with van der Waals surface area (Å²) in [5.74, 6) is 0.498. The second kappa shape index (κ2) is 6.01. The second-order valence-corrected chi connectivity index (χ2v) is 3.31. The van der Waals surface area contributed by atoms with Gasteiger partial charge >= 0.3 is 0 Å². The van der Waals surface area contributed by atoms with Gasteiger partial charge in [0.15, 0.2) is 0 Å². The second-order valence-electron chi connectivity index (χ2n) is 3.31. The van der Waals surface area contributed by atoms with E-state index in [1.54, 1.807) is 6.07 Å². The smallest absolute Gasteiger partial charge is 0.265 e. The van der Waals surface area contributed by atoms with Gasteiger partial charge in [-0.1, -0.05) is 0 Å². The van der Waals surface area contributed by atoms with Crippen molar-refractivity contribution in [2.24, 2.45) is 0 Å². The van der Waals surface area contributed by atoms with E-state index < -0.39 is 12.5 Å². The van der Waals surface area contributed by atoms with Crippen LogP contribution >= 0.6 is 0 Å². The monoisotopic (exact) mass is 242 g/mol. The van der Waals surface area contributed by atoms with Crippen molar-refractivity contribution in [3.05, 3.63) is 23.8 Å². The molecule has 0 aliphatic heterocycles. The minimum atomic E-state index is -2.82. The molecule has 0 heterocycles. The average Bonchev–Trinajstić information content (AvgIpc) is 2.35. The molecule has 0 spiro atoms. The highest BCUT2D eigenvalue weighted by atomic mass is 19.3. The molecular formula is C11H12F2N2O2. The van der Waals surface area contributed by atoms with Gasteiger partial charge in [-0.25, -0.2) is 8.78 Å². The molecule has 92 valence electrons. The van der Waals surface area contributed by atoms with Crippen molar-refractivity contribution < 1.29 is 18.6 Å². The van der Waals surface area contributed by atoms with Gasteiger partial charge in [0, 0.05) is 12.6 Å². The number of nitrogens with one attached hydrogen (secondary N) is 1. The molecule has 1 aromatic carbocycles. The van der Waals surface area contributed by atoms with E-state index in [1.165, 1.54) is 19.2 Å². The molecule has 1 rings (SSSR count). The van der Waals surface area contributed by atoms with Crippen LogP contribution in [0, 0.1) is 11.3 Å². The van der Waals surface area contributed by atoms with Crippen molar-refractivity contribution in [1.82, 2.24) is 0 Å². The highest BCUT2D eigenvalue weighted by molar-refractivity contribution is 5.60. The predicted molar refractivity (Wildman–Crippen MR) is 58.2 cm³/mol. The number of hydrogen-bond acceptors (Lipinski definition) is 4. The highest BCUT2D eigenvalue weighted by Gasteiger charge is 2.16. The minimum Gasteiger partial charge on any atom is -0.497 e. The molecule has 0 aliphatic carbocycles. The van der Waals surface area contributed by atoms with Gasteiger partial charge in [-0.3, -0.25) is 0 Å². The van der Waals surface area contributed by atoms with Gasteiger partial charge in [0.05, 0.1) is 18.4 Å². The predicted octanol–water partition coefficient (Wildman–Crippen LogP) is 1.60. The summed E-state index contributed by atoms with van der Waals surface area (Å²) in [7, 11) is 1.46. The first kappa shape index (κ1) is 13.2. The van der Waals surface area contributed by atoms with E-state index in [0.717, 1.165) is 0 Å². The normalized spacial score (nSPS) is 12.0. The van der Waals surface area contributed by atoms with Gasteiger partial charge in [-0.2, -0.15) is 5.26 Å². The first-order valence-corrected chi connectivity index (χ1v) is 4.86. The van der Waals surface area contributed by atoms with Gasteiger partial charge in [0.2, 0.25) is 0 Å². The number of alkyl halides is 2. The lowest BCUT2D eigenvalue weighted by Gasteiger charge is -2.13. The molecule has 0 bridgehead atoms. The van der Waals surface area contributed by atoms with Gasteiger partial charge in [0.1, 0.15) is 17.9 Å². The van der Waals surface area contributed by atoms with Crippen LogP contribution in [-0.4, -0.2) is 31.3 Å². The number of aliphatic hydroxyl groups excluding tert-OH is 1. The standard InChI is InChI=1S/C11H12F2N2O2/c1-17-8-3-2-7(5-14)9(4-8)15-6-10(16)11(12)13/h2-4,10-11,15-16H,6H2,1H3. The van der Waals surface area contributed by atoms with E-state index in [1.807, 2.05) is 6.07 Å². The van der Waals surface area contributed by atoms with Crippen molar-refractivity contribution in [2.75, 3.05) is 19.0 Å². The van der Waals surface area contributed by atoms with Crippen LogP contribution in [0.5, 0.6) is 5.75 Å². The van der Waals surface area contributed by atoms with E-state index in [-0.39, 0.29) is 6.54 Å². The van der Waals surface area contributed by atoms with Crippen molar-refractivity contribution in [1.29, 1.82) is 5.26 Å². The Labute approximate surface area is 97.4 Å². The molecule has 1 unspecified atom stereocenters. The third-order valence-electron chi connectivity index (χ3n) is 2.14. The molecule has 1 aromatic rings. The molecule has 4 nitrogen and oxygen atoms in total. The number of hydrogen-bond donors (Lipinski definition) is 2. The molecule has 1 atom stereocenters. The fourth-order valence-electron chi connectivity index (χ4n) is 1.20. The highest BCUT2D eigenvalue weighted by Crippen LogP contribution is 2.22. The number of benzene rings is 1.